The van der Waals surface area contributed by atoms with Gasteiger partial charge in [0.05, 0.1) is 17.5 Å². The van der Waals surface area contributed by atoms with Gasteiger partial charge in [0.25, 0.3) is 0 Å². The van der Waals surface area contributed by atoms with E-state index in [1.165, 1.54) is 0 Å². The minimum Gasteiger partial charge on any atom is -0.348 e. The monoisotopic (exact) mass is 346 g/mol. The standard InChI is InChI=1S/C18H22N2O3S/c1-13-9-10-14(2)17(11-13)24(22,23)19-12-18(21)20-15(3)16-7-5-4-6-8-16/h4-11,15,19H,12H2,1-3H3,(H,20,21). The van der Waals surface area contributed by atoms with E-state index in [1.807, 2.05) is 50.2 Å². The van der Waals surface area contributed by atoms with Gasteiger partial charge < -0.3 is 5.32 Å². The van der Waals surface area contributed by atoms with Crippen LogP contribution in [0.1, 0.15) is 29.7 Å². The van der Waals surface area contributed by atoms with Crippen LogP contribution in [0.3, 0.4) is 0 Å². The molecule has 1 atom stereocenters. The van der Waals surface area contributed by atoms with E-state index in [1.54, 1.807) is 19.1 Å². The molecule has 0 saturated carbocycles. The Labute approximate surface area is 143 Å². The second-order valence-electron chi connectivity index (χ2n) is 5.79. The first-order valence-electron chi connectivity index (χ1n) is 7.71. The van der Waals surface area contributed by atoms with Gasteiger partial charge in [-0.15, -0.1) is 0 Å². The zero-order valence-corrected chi connectivity index (χ0v) is 14.9. The van der Waals surface area contributed by atoms with Crippen molar-refractivity contribution in [1.29, 1.82) is 0 Å². The summed E-state index contributed by atoms with van der Waals surface area (Å²) in [6.45, 7) is 5.11. The quantitative estimate of drug-likeness (QED) is 0.844. The third-order valence-corrected chi connectivity index (χ3v) is 5.28. The Hall–Kier alpha value is -2.18. The Morgan fingerprint density at radius 2 is 1.75 bits per heavy atom. The van der Waals surface area contributed by atoms with Gasteiger partial charge in [0.1, 0.15) is 0 Å². The normalized spacial score (nSPS) is 12.6. The molecular formula is C18H22N2O3S. The maximum absolute atomic E-state index is 12.4. The van der Waals surface area contributed by atoms with Crippen molar-refractivity contribution in [3.63, 3.8) is 0 Å². The predicted octanol–water partition coefficient (Wildman–Crippen LogP) is 2.46. The molecule has 128 valence electrons. The summed E-state index contributed by atoms with van der Waals surface area (Å²) < 4.78 is 27.1. The maximum atomic E-state index is 12.4. The van der Waals surface area contributed by atoms with Crippen molar-refractivity contribution in [2.24, 2.45) is 0 Å². The molecule has 2 aromatic rings. The van der Waals surface area contributed by atoms with E-state index in [0.29, 0.717) is 5.56 Å². The molecule has 1 amide bonds. The van der Waals surface area contributed by atoms with Crippen molar-refractivity contribution >= 4 is 15.9 Å². The van der Waals surface area contributed by atoms with Crippen molar-refractivity contribution in [3.05, 3.63) is 65.2 Å². The smallest absolute Gasteiger partial charge is 0.241 e. The van der Waals surface area contributed by atoms with Gasteiger partial charge in [-0.1, -0.05) is 42.5 Å². The lowest BCUT2D eigenvalue weighted by atomic mass is 10.1. The first-order chi connectivity index (χ1) is 11.3. The zero-order chi connectivity index (χ0) is 17.7. The number of hydrogen-bond donors (Lipinski definition) is 2. The molecular weight excluding hydrogens is 324 g/mol. The van der Waals surface area contributed by atoms with E-state index in [2.05, 4.69) is 10.0 Å². The first kappa shape index (κ1) is 18.2. The van der Waals surface area contributed by atoms with Crippen LogP contribution < -0.4 is 10.0 Å². The topological polar surface area (TPSA) is 75.3 Å². The summed E-state index contributed by atoms with van der Waals surface area (Å²) in [5.74, 6) is -0.375. The van der Waals surface area contributed by atoms with Crippen molar-refractivity contribution in [3.8, 4) is 0 Å². The van der Waals surface area contributed by atoms with Crippen LogP contribution in [-0.4, -0.2) is 20.9 Å². The highest BCUT2D eigenvalue weighted by Crippen LogP contribution is 2.16. The third-order valence-electron chi connectivity index (χ3n) is 3.73. The van der Waals surface area contributed by atoms with E-state index in [-0.39, 0.29) is 23.4 Å². The van der Waals surface area contributed by atoms with Crippen LogP contribution in [0.25, 0.3) is 0 Å². The van der Waals surface area contributed by atoms with Crippen LogP contribution in [0.2, 0.25) is 0 Å². The molecule has 0 radical (unpaired) electrons. The molecule has 6 heteroatoms. The second kappa shape index (κ2) is 7.59. The summed E-state index contributed by atoms with van der Waals surface area (Å²) in [4.78, 5) is 12.2. The number of benzene rings is 2. The SMILES string of the molecule is Cc1ccc(C)c(S(=O)(=O)NCC(=O)NC(C)c2ccccc2)c1. The van der Waals surface area contributed by atoms with Gasteiger partial charge in [-0.25, -0.2) is 13.1 Å². The summed E-state index contributed by atoms with van der Waals surface area (Å²) in [6, 6.07) is 14.5. The number of rotatable bonds is 6. The molecule has 0 aliphatic heterocycles. The molecule has 2 N–H and O–H groups in total. The van der Waals surface area contributed by atoms with Crippen molar-refractivity contribution in [2.75, 3.05) is 6.54 Å². The predicted molar refractivity (Wildman–Crippen MR) is 94.1 cm³/mol. The number of hydrogen-bond acceptors (Lipinski definition) is 3. The lowest BCUT2D eigenvalue weighted by Crippen LogP contribution is -2.38. The Morgan fingerprint density at radius 1 is 1.08 bits per heavy atom. The van der Waals surface area contributed by atoms with E-state index in [9.17, 15) is 13.2 Å². The van der Waals surface area contributed by atoms with Gasteiger partial charge in [0.15, 0.2) is 0 Å². The summed E-state index contributed by atoms with van der Waals surface area (Å²) in [7, 11) is -3.72. The second-order valence-corrected chi connectivity index (χ2v) is 7.53. The van der Waals surface area contributed by atoms with Crippen LogP contribution in [0.5, 0.6) is 0 Å². The molecule has 0 bridgehead atoms. The Kier molecular flexibility index (Phi) is 5.75. The highest BCUT2D eigenvalue weighted by atomic mass is 32.2. The van der Waals surface area contributed by atoms with Gasteiger partial charge >= 0.3 is 0 Å². The largest absolute Gasteiger partial charge is 0.348 e. The molecule has 0 spiro atoms. The fourth-order valence-corrected chi connectivity index (χ4v) is 3.66. The first-order valence-corrected chi connectivity index (χ1v) is 9.19. The van der Waals surface area contributed by atoms with E-state index in [0.717, 1.165) is 11.1 Å². The molecule has 0 heterocycles. The van der Waals surface area contributed by atoms with Crippen molar-refractivity contribution in [1.82, 2.24) is 10.0 Å². The van der Waals surface area contributed by atoms with E-state index >= 15 is 0 Å². The lowest BCUT2D eigenvalue weighted by Gasteiger charge is -2.15. The fourth-order valence-electron chi connectivity index (χ4n) is 2.35. The molecule has 0 saturated heterocycles. The van der Waals surface area contributed by atoms with Crippen LogP contribution in [0.15, 0.2) is 53.4 Å². The van der Waals surface area contributed by atoms with Crippen LogP contribution in [0, 0.1) is 13.8 Å². The molecule has 0 fully saturated rings. The van der Waals surface area contributed by atoms with E-state index in [4.69, 9.17) is 0 Å². The number of aryl methyl sites for hydroxylation is 2. The maximum Gasteiger partial charge on any atom is 0.241 e. The van der Waals surface area contributed by atoms with Gasteiger partial charge in [0.2, 0.25) is 15.9 Å². The number of sulfonamides is 1. The number of nitrogens with one attached hydrogen (secondary N) is 2. The molecule has 0 aliphatic rings. The van der Waals surface area contributed by atoms with Gasteiger partial charge in [-0.2, -0.15) is 0 Å². The molecule has 2 aromatic carbocycles. The van der Waals surface area contributed by atoms with Gasteiger partial charge in [-0.3, -0.25) is 4.79 Å². The van der Waals surface area contributed by atoms with Crippen LogP contribution in [-0.2, 0) is 14.8 Å². The molecule has 1 unspecified atom stereocenters. The average Bonchev–Trinajstić information content (AvgIpc) is 2.56. The number of amides is 1. The Morgan fingerprint density at radius 3 is 2.42 bits per heavy atom. The number of carbonyl (C=O) groups is 1. The Bertz CT molecular complexity index is 817. The molecule has 0 aliphatic carbocycles. The third kappa shape index (κ3) is 4.66. The zero-order valence-electron chi connectivity index (χ0n) is 14.0. The van der Waals surface area contributed by atoms with Gasteiger partial charge in [-0.05, 0) is 43.5 Å². The molecule has 0 aromatic heterocycles. The molecule has 5 nitrogen and oxygen atoms in total. The summed E-state index contributed by atoms with van der Waals surface area (Å²) in [6.07, 6.45) is 0. The number of carbonyl (C=O) groups excluding carboxylic acids is 1. The summed E-state index contributed by atoms with van der Waals surface area (Å²) >= 11 is 0. The van der Waals surface area contributed by atoms with E-state index < -0.39 is 10.0 Å². The highest BCUT2D eigenvalue weighted by Gasteiger charge is 2.18. The summed E-state index contributed by atoms with van der Waals surface area (Å²) in [5.41, 5.74) is 2.46. The van der Waals surface area contributed by atoms with Crippen LogP contribution in [0.4, 0.5) is 0 Å². The lowest BCUT2D eigenvalue weighted by molar-refractivity contribution is -0.120. The highest BCUT2D eigenvalue weighted by molar-refractivity contribution is 7.89. The minimum atomic E-state index is -3.72. The van der Waals surface area contributed by atoms with Crippen LogP contribution >= 0.6 is 0 Å². The van der Waals surface area contributed by atoms with Crippen molar-refractivity contribution < 1.29 is 13.2 Å². The van der Waals surface area contributed by atoms with Crippen molar-refractivity contribution in [2.45, 2.75) is 31.7 Å². The fraction of sp³-hybridized carbons (Fsp3) is 0.278. The average molecular weight is 346 g/mol. The molecule has 24 heavy (non-hydrogen) atoms. The Balaban J connectivity index is 1.99. The summed E-state index contributed by atoms with van der Waals surface area (Å²) in [5, 5.41) is 2.78. The minimum absolute atomic E-state index is 0.191. The molecule has 2 rings (SSSR count). The van der Waals surface area contributed by atoms with Gasteiger partial charge in [0, 0.05) is 0 Å².